The van der Waals surface area contributed by atoms with Crippen LogP contribution < -0.4 is 10.5 Å². The quantitative estimate of drug-likeness (QED) is 0.879. The maximum absolute atomic E-state index is 6.04. The zero-order valence-electron chi connectivity index (χ0n) is 10.1. The van der Waals surface area contributed by atoms with Crippen LogP contribution in [-0.4, -0.2) is 9.78 Å². The molecule has 0 saturated heterocycles. The SMILES string of the molecule is Cc1nn(C)c(COc2ccc(N)cc2Cl)c1Br. The monoisotopic (exact) mass is 329 g/mol. The highest BCUT2D eigenvalue weighted by Gasteiger charge is 2.12. The average molecular weight is 331 g/mol. The van der Waals surface area contributed by atoms with Crippen molar-refractivity contribution in [1.29, 1.82) is 0 Å². The Hall–Kier alpha value is -1.20. The molecule has 0 unspecified atom stereocenters. The predicted octanol–water partition coefficient (Wildman–Crippen LogP) is 3.31. The first-order valence-electron chi connectivity index (χ1n) is 5.35. The Kier molecular flexibility index (Phi) is 3.82. The number of anilines is 1. The lowest BCUT2D eigenvalue weighted by molar-refractivity contribution is 0.294. The van der Waals surface area contributed by atoms with Crippen LogP contribution in [-0.2, 0) is 13.7 Å². The van der Waals surface area contributed by atoms with Crippen molar-refractivity contribution in [3.63, 3.8) is 0 Å². The van der Waals surface area contributed by atoms with Gasteiger partial charge in [-0.3, -0.25) is 4.68 Å². The van der Waals surface area contributed by atoms with Crippen LogP contribution in [0.2, 0.25) is 5.02 Å². The van der Waals surface area contributed by atoms with Crippen molar-refractivity contribution in [2.24, 2.45) is 7.05 Å². The molecule has 2 rings (SSSR count). The molecule has 96 valence electrons. The normalized spacial score (nSPS) is 10.7. The Morgan fingerprint density at radius 1 is 1.50 bits per heavy atom. The van der Waals surface area contributed by atoms with Gasteiger partial charge in [-0.25, -0.2) is 0 Å². The van der Waals surface area contributed by atoms with Gasteiger partial charge in [0.15, 0.2) is 0 Å². The van der Waals surface area contributed by atoms with Gasteiger partial charge in [-0.2, -0.15) is 5.10 Å². The van der Waals surface area contributed by atoms with E-state index >= 15 is 0 Å². The molecule has 0 aliphatic heterocycles. The third-order valence-corrected chi connectivity index (χ3v) is 3.91. The molecule has 0 spiro atoms. The number of halogens is 2. The molecular weight excluding hydrogens is 318 g/mol. The molecule has 0 amide bonds. The predicted molar refractivity (Wildman–Crippen MR) is 75.8 cm³/mol. The van der Waals surface area contributed by atoms with E-state index in [-0.39, 0.29) is 0 Å². The molecule has 0 aliphatic rings. The van der Waals surface area contributed by atoms with Crippen molar-refractivity contribution in [3.8, 4) is 5.75 Å². The number of hydrogen-bond acceptors (Lipinski definition) is 3. The van der Waals surface area contributed by atoms with E-state index in [0.717, 1.165) is 15.9 Å². The third-order valence-electron chi connectivity index (χ3n) is 2.58. The highest BCUT2D eigenvalue weighted by molar-refractivity contribution is 9.10. The van der Waals surface area contributed by atoms with Crippen molar-refractivity contribution >= 4 is 33.2 Å². The molecule has 2 N–H and O–H groups in total. The van der Waals surface area contributed by atoms with Crippen LogP contribution in [0.3, 0.4) is 0 Å². The number of benzene rings is 1. The molecule has 1 heterocycles. The summed E-state index contributed by atoms with van der Waals surface area (Å²) in [7, 11) is 1.88. The summed E-state index contributed by atoms with van der Waals surface area (Å²) >= 11 is 9.53. The van der Waals surface area contributed by atoms with Crippen molar-refractivity contribution in [2.45, 2.75) is 13.5 Å². The molecule has 0 fully saturated rings. The molecule has 2 aromatic rings. The van der Waals surface area contributed by atoms with E-state index < -0.39 is 0 Å². The number of nitrogens with two attached hydrogens (primary N) is 1. The maximum Gasteiger partial charge on any atom is 0.138 e. The number of aromatic nitrogens is 2. The Morgan fingerprint density at radius 3 is 2.78 bits per heavy atom. The number of hydrogen-bond donors (Lipinski definition) is 1. The number of rotatable bonds is 3. The van der Waals surface area contributed by atoms with Crippen LogP contribution in [0.25, 0.3) is 0 Å². The molecular formula is C12H13BrClN3O. The van der Waals surface area contributed by atoms with Gasteiger partial charge < -0.3 is 10.5 Å². The summed E-state index contributed by atoms with van der Waals surface area (Å²) in [4.78, 5) is 0. The second-order valence-electron chi connectivity index (χ2n) is 3.95. The first kappa shape index (κ1) is 13.2. The fourth-order valence-corrected chi connectivity index (χ4v) is 2.31. The average Bonchev–Trinajstić information content (AvgIpc) is 2.53. The van der Waals surface area contributed by atoms with Gasteiger partial charge in [-0.1, -0.05) is 11.6 Å². The minimum Gasteiger partial charge on any atom is -0.486 e. The van der Waals surface area contributed by atoms with Crippen LogP contribution in [0, 0.1) is 6.92 Å². The lowest BCUT2D eigenvalue weighted by Crippen LogP contribution is -2.04. The van der Waals surface area contributed by atoms with Gasteiger partial charge in [0.2, 0.25) is 0 Å². The van der Waals surface area contributed by atoms with E-state index in [9.17, 15) is 0 Å². The van der Waals surface area contributed by atoms with E-state index in [1.54, 1.807) is 22.9 Å². The molecule has 1 aromatic carbocycles. The van der Waals surface area contributed by atoms with Crippen molar-refractivity contribution in [1.82, 2.24) is 9.78 Å². The minimum atomic E-state index is 0.390. The topological polar surface area (TPSA) is 53.1 Å². The molecule has 0 saturated carbocycles. The van der Waals surface area contributed by atoms with Gasteiger partial charge in [-0.15, -0.1) is 0 Å². The maximum atomic E-state index is 6.04. The summed E-state index contributed by atoms with van der Waals surface area (Å²) in [6.45, 7) is 2.32. The molecule has 6 heteroatoms. The molecule has 4 nitrogen and oxygen atoms in total. The fraction of sp³-hybridized carbons (Fsp3) is 0.250. The van der Waals surface area contributed by atoms with Crippen LogP contribution in [0.4, 0.5) is 5.69 Å². The van der Waals surface area contributed by atoms with Gasteiger partial charge in [0.05, 0.1) is 20.9 Å². The zero-order valence-corrected chi connectivity index (χ0v) is 12.4. The van der Waals surface area contributed by atoms with Crippen LogP contribution in [0.5, 0.6) is 5.75 Å². The molecule has 1 aromatic heterocycles. The van der Waals surface area contributed by atoms with Gasteiger partial charge >= 0.3 is 0 Å². The molecule has 18 heavy (non-hydrogen) atoms. The lowest BCUT2D eigenvalue weighted by atomic mass is 10.3. The summed E-state index contributed by atoms with van der Waals surface area (Å²) < 4.78 is 8.41. The van der Waals surface area contributed by atoms with E-state index in [1.165, 1.54) is 0 Å². The second-order valence-corrected chi connectivity index (χ2v) is 5.15. The molecule has 0 aliphatic carbocycles. The van der Waals surface area contributed by atoms with E-state index in [2.05, 4.69) is 21.0 Å². The highest BCUT2D eigenvalue weighted by Crippen LogP contribution is 2.28. The van der Waals surface area contributed by atoms with E-state index in [4.69, 9.17) is 22.1 Å². The number of aryl methyl sites for hydroxylation is 2. The molecule has 0 radical (unpaired) electrons. The van der Waals surface area contributed by atoms with Crippen LogP contribution in [0.15, 0.2) is 22.7 Å². The zero-order chi connectivity index (χ0) is 13.3. The van der Waals surface area contributed by atoms with E-state index in [0.29, 0.717) is 23.1 Å². The van der Waals surface area contributed by atoms with Gasteiger partial charge in [0.1, 0.15) is 12.4 Å². The smallest absolute Gasteiger partial charge is 0.138 e. The first-order valence-corrected chi connectivity index (χ1v) is 6.52. The van der Waals surface area contributed by atoms with E-state index in [1.807, 2.05) is 14.0 Å². The summed E-state index contributed by atoms with van der Waals surface area (Å²) in [5.41, 5.74) is 8.13. The van der Waals surface area contributed by atoms with Gasteiger partial charge in [-0.05, 0) is 41.1 Å². The largest absolute Gasteiger partial charge is 0.486 e. The third kappa shape index (κ3) is 2.62. The van der Waals surface area contributed by atoms with Crippen molar-refractivity contribution < 1.29 is 4.74 Å². The Morgan fingerprint density at radius 2 is 2.22 bits per heavy atom. The van der Waals surface area contributed by atoms with Crippen LogP contribution >= 0.6 is 27.5 Å². The summed E-state index contributed by atoms with van der Waals surface area (Å²) in [6.07, 6.45) is 0. The number of ether oxygens (including phenoxy) is 1. The fourth-order valence-electron chi connectivity index (χ4n) is 1.62. The minimum absolute atomic E-state index is 0.390. The first-order chi connectivity index (χ1) is 8.49. The van der Waals surface area contributed by atoms with Gasteiger partial charge in [0, 0.05) is 12.7 Å². The highest BCUT2D eigenvalue weighted by atomic mass is 79.9. The lowest BCUT2D eigenvalue weighted by Gasteiger charge is -2.09. The summed E-state index contributed by atoms with van der Waals surface area (Å²) in [5.74, 6) is 0.608. The summed E-state index contributed by atoms with van der Waals surface area (Å²) in [6, 6.07) is 5.18. The second kappa shape index (κ2) is 5.20. The molecule has 0 bridgehead atoms. The number of nitrogen functional groups attached to an aromatic ring is 1. The van der Waals surface area contributed by atoms with Crippen LogP contribution in [0.1, 0.15) is 11.4 Å². The summed E-state index contributed by atoms with van der Waals surface area (Å²) in [5, 5.41) is 4.80. The molecule has 0 atom stereocenters. The Bertz CT molecular complexity index is 583. The Balaban J connectivity index is 2.16. The van der Waals surface area contributed by atoms with Crippen molar-refractivity contribution in [3.05, 3.63) is 39.1 Å². The Labute approximate surface area is 119 Å². The van der Waals surface area contributed by atoms with Gasteiger partial charge in [0.25, 0.3) is 0 Å². The standard InChI is InChI=1S/C12H13BrClN3O/c1-7-12(13)10(17(2)16-7)6-18-11-4-3-8(15)5-9(11)14/h3-5H,6,15H2,1-2H3. The number of nitrogens with zero attached hydrogens (tertiary/aromatic N) is 2. The van der Waals surface area contributed by atoms with Crippen molar-refractivity contribution in [2.75, 3.05) is 5.73 Å².